The molecule has 0 amide bonds. The second kappa shape index (κ2) is 6.21. The van der Waals surface area contributed by atoms with Crippen molar-refractivity contribution in [3.63, 3.8) is 0 Å². The van der Waals surface area contributed by atoms with Crippen molar-refractivity contribution in [2.45, 2.75) is 13.8 Å². The average molecular weight is 252 g/mol. The summed E-state index contributed by atoms with van der Waals surface area (Å²) in [5, 5.41) is 3.34. The molecule has 5 heteroatoms. The van der Waals surface area contributed by atoms with E-state index >= 15 is 0 Å². The molecule has 1 aliphatic rings. The Kier molecular flexibility index (Phi) is 4.62. The molecular formula is C12H20N4S. The molecule has 1 aromatic rings. The molecule has 0 saturated carbocycles. The lowest BCUT2D eigenvalue weighted by Crippen LogP contribution is -2.36. The van der Waals surface area contributed by atoms with Crippen LogP contribution in [0.5, 0.6) is 0 Å². The van der Waals surface area contributed by atoms with Crippen molar-refractivity contribution in [1.29, 1.82) is 0 Å². The summed E-state index contributed by atoms with van der Waals surface area (Å²) < 4.78 is 0. The Morgan fingerprint density at radius 2 is 2.06 bits per heavy atom. The summed E-state index contributed by atoms with van der Waals surface area (Å²) in [7, 11) is 0. The zero-order valence-corrected chi connectivity index (χ0v) is 11.4. The van der Waals surface area contributed by atoms with E-state index in [0.29, 0.717) is 0 Å². The predicted molar refractivity (Wildman–Crippen MR) is 73.8 cm³/mol. The van der Waals surface area contributed by atoms with E-state index in [1.807, 2.05) is 31.8 Å². The lowest BCUT2D eigenvalue weighted by molar-refractivity contribution is 0.314. The Bertz CT molecular complexity index is 364. The molecule has 2 rings (SSSR count). The molecule has 94 valence electrons. The van der Waals surface area contributed by atoms with Gasteiger partial charge in [0.05, 0.1) is 17.6 Å². The van der Waals surface area contributed by atoms with Crippen LogP contribution >= 0.6 is 11.8 Å². The van der Waals surface area contributed by atoms with Gasteiger partial charge in [-0.2, -0.15) is 11.8 Å². The fourth-order valence-electron chi connectivity index (χ4n) is 1.79. The van der Waals surface area contributed by atoms with Crippen molar-refractivity contribution in [3.8, 4) is 0 Å². The maximum Gasteiger partial charge on any atom is 0.144 e. The number of aryl methyl sites for hydroxylation is 2. The van der Waals surface area contributed by atoms with Gasteiger partial charge in [0.1, 0.15) is 5.82 Å². The third kappa shape index (κ3) is 3.85. The molecule has 0 atom stereocenters. The number of rotatable bonds is 4. The zero-order valence-electron chi connectivity index (χ0n) is 10.6. The number of anilines is 1. The van der Waals surface area contributed by atoms with Crippen LogP contribution in [0.15, 0.2) is 6.20 Å². The van der Waals surface area contributed by atoms with Crippen molar-refractivity contribution in [2.75, 3.05) is 43.0 Å². The molecule has 4 nitrogen and oxygen atoms in total. The minimum atomic E-state index is 0.888. The van der Waals surface area contributed by atoms with Gasteiger partial charge in [-0.15, -0.1) is 0 Å². The van der Waals surface area contributed by atoms with Gasteiger partial charge in [0.25, 0.3) is 0 Å². The standard InChI is InChI=1S/C12H20N4S/c1-10-11(2)15-12(9-14-10)13-3-4-16-5-7-17-8-6-16/h9H,3-8H2,1-2H3,(H,13,15). The van der Waals surface area contributed by atoms with E-state index < -0.39 is 0 Å². The summed E-state index contributed by atoms with van der Waals surface area (Å²) in [5.41, 5.74) is 2.01. The van der Waals surface area contributed by atoms with Crippen LogP contribution in [0, 0.1) is 13.8 Å². The monoisotopic (exact) mass is 252 g/mol. The SMILES string of the molecule is Cc1ncc(NCCN2CCSCC2)nc1C. The van der Waals surface area contributed by atoms with Crippen LogP contribution in [0.2, 0.25) is 0 Å². The highest BCUT2D eigenvalue weighted by atomic mass is 32.2. The summed E-state index contributed by atoms with van der Waals surface area (Å²) in [5.74, 6) is 3.42. The molecule has 1 aliphatic heterocycles. The zero-order chi connectivity index (χ0) is 12.1. The summed E-state index contributed by atoms with van der Waals surface area (Å²) >= 11 is 2.05. The van der Waals surface area contributed by atoms with E-state index in [0.717, 1.165) is 30.3 Å². The van der Waals surface area contributed by atoms with Crippen molar-refractivity contribution in [3.05, 3.63) is 17.6 Å². The highest BCUT2D eigenvalue weighted by molar-refractivity contribution is 7.99. The Morgan fingerprint density at radius 1 is 1.29 bits per heavy atom. The molecular weight excluding hydrogens is 232 g/mol. The lowest BCUT2D eigenvalue weighted by Gasteiger charge is -2.26. The van der Waals surface area contributed by atoms with Crippen LogP contribution < -0.4 is 5.32 Å². The lowest BCUT2D eigenvalue weighted by atomic mass is 10.3. The first-order valence-corrected chi connectivity index (χ1v) is 7.25. The second-order valence-electron chi connectivity index (χ2n) is 4.31. The Balaban J connectivity index is 1.75. The van der Waals surface area contributed by atoms with Gasteiger partial charge in [0.15, 0.2) is 0 Å². The fraction of sp³-hybridized carbons (Fsp3) is 0.667. The molecule has 17 heavy (non-hydrogen) atoms. The van der Waals surface area contributed by atoms with Gasteiger partial charge in [0, 0.05) is 37.7 Å². The maximum absolute atomic E-state index is 4.46. The van der Waals surface area contributed by atoms with Crippen LogP contribution in [0.4, 0.5) is 5.82 Å². The second-order valence-corrected chi connectivity index (χ2v) is 5.53. The van der Waals surface area contributed by atoms with Gasteiger partial charge in [0.2, 0.25) is 0 Å². The summed E-state index contributed by atoms with van der Waals surface area (Å²) in [4.78, 5) is 11.3. The molecule has 2 heterocycles. The van der Waals surface area contributed by atoms with Crippen LogP contribution in [0.3, 0.4) is 0 Å². The van der Waals surface area contributed by atoms with Crippen molar-refractivity contribution < 1.29 is 0 Å². The summed E-state index contributed by atoms with van der Waals surface area (Å²) in [6, 6.07) is 0. The van der Waals surface area contributed by atoms with Crippen LogP contribution in [0.25, 0.3) is 0 Å². The number of nitrogens with zero attached hydrogens (tertiary/aromatic N) is 3. The Labute approximate surface area is 107 Å². The normalized spacial score (nSPS) is 17.1. The van der Waals surface area contributed by atoms with E-state index in [1.165, 1.54) is 24.6 Å². The van der Waals surface area contributed by atoms with Gasteiger partial charge in [-0.25, -0.2) is 4.98 Å². The minimum absolute atomic E-state index is 0.888. The largest absolute Gasteiger partial charge is 0.368 e. The number of nitrogens with one attached hydrogen (secondary N) is 1. The van der Waals surface area contributed by atoms with Crippen LogP contribution in [0.1, 0.15) is 11.4 Å². The van der Waals surface area contributed by atoms with E-state index in [4.69, 9.17) is 0 Å². The number of thioether (sulfide) groups is 1. The molecule has 1 N–H and O–H groups in total. The fourth-order valence-corrected chi connectivity index (χ4v) is 2.77. The first-order chi connectivity index (χ1) is 8.25. The number of aromatic nitrogens is 2. The predicted octanol–water partition coefficient (Wildman–Crippen LogP) is 1.55. The topological polar surface area (TPSA) is 41.1 Å². The van der Waals surface area contributed by atoms with Crippen LogP contribution in [-0.2, 0) is 0 Å². The molecule has 1 aromatic heterocycles. The van der Waals surface area contributed by atoms with Crippen molar-refractivity contribution in [1.82, 2.24) is 14.9 Å². The molecule has 0 bridgehead atoms. The minimum Gasteiger partial charge on any atom is -0.368 e. The Hall–Kier alpha value is -0.810. The first kappa shape index (κ1) is 12.6. The van der Waals surface area contributed by atoms with Crippen LogP contribution in [-0.4, -0.2) is 52.6 Å². The van der Waals surface area contributed by atoms with E-state index in [2.05, 4.69) is 20.2 Å². The quantitative estimate of drug-likeness (QED) is 0.880. The molecule has 0 aromatic carbocycles. The molecule has 0 aliphatic carbocycles. The molecule has 1 saturated heterocycles. The van der Waals surface area contributed by atoms with Gasteiger partial charge < -0.3 is 5.32 Å². The first-order valence-electron chi connectivity index (χ1n) is 6.10. The van der Waals surface area contributed by atoms with Gasteiger partial charge >= 0.3 is 0 Å². The molecule has 0 unspecified atom stereocenters. The third-order valence-corrected chi connectivity index (χ3v) is 3.97. The van der Waals surface area contributed by atoms with Crippen molar-refractivity contribution >= 4 is 17.6 Å². The van der Waals surface area contributed by atoms with Gasteiger partial charge in [-0.3, -0.25) is 9.88 Å². The Morgan fingerprint density at radius 3 is 2.76 bits per heavy atom. The van der Waals surface area contributed by atoms with E-state index in [9.17, 15) is 0 Å². The number of hydrogen-bond donors (Lipinski definition) is 1. The summed E-state index contributed by atoms with van der Waals surface area (Å²) in [6.07, 6.45) is 1.81. The van der Waals surface area contributed by atoms with E-state index in [1.54, 1.807) is 0 Å². The molecule has 1 fully saturated rings. The van der Waals surface area contributed by atoms with Gasteiger partial charge in [-0.05, 0) is 13.8 Å². The summed E-state index contributed by atoms with van der Waals surface area (Å²) in [6.45, 7) is 8.44. The average Bonchev–Trinajstić information content (AvgIpc) is 2.35. The van der Waals surface area contributed by atoms with Gasteiger partial charge in [-0.1, -0.05) is 0 Å². The molecule has 0 radical (unpaired) electrons. The number of hydrogen-bond acceptors (Lipinski definition) is 5. The highest BCUT2D eigenvalue weighted by Crippen LogP contribution is 2.09. The highest BCUT2D eigenvalue weighted by Gasteiger charge is 2.09. The third-order valence-electron chi connectivity index (χ3n) is 3.03. The molecule has 0 spiro atoms. The van der Waals surface area contributed by atoms with E-state index in [-0.39, 0.29) is 0 Å². The van der Waals surface area contributed by atoms with Crippen molar-refractivity contribution in [2.24, 2.45) is 0 Å². The smallest absolute Gasteiger partial charge is 0.144 e. The maximum atomic E-state index is 4.46.